The van der Waals surface area contributed by atoms with Gasteiger partial charge in [0.05, 0.1) is 9.08 Å². The number of carbonyl (C=O) groups is 2. The van der Waals surface area contributed by atoms with Gasteiger partial charge in [-0.2, -0.15) is 0 Å². The van der Waals surface area contributed by atoms with Gasteiger partial charge in [0.25, 0.3) is 5.91 Å². The molecule has 0 saturated heterocycles. The van der Waals surface area contributed by atoms with Gasteiger partial charge in [0.1, 0.15) is 12.3 Å². The maximum Gasteiger partial charge on any atom is 0.332 e. The molecular weight excluding hydrogens is 446 g/mol. The van der Waals surface area contributed by atoms with Crippen molar-refractivity contribution in [3.05, 3.63) is 50.7 Å². The Hall–Kier alpha value is -2.13. The number of amides is 1. The number of halogens is 2. The van der Waals surface area contributed by atoms with Crippen molar-refractivity contribution in [2.75, 3.05) is 11.9 Å². The van der Waals surface area contributed by atoms with Crippen LogP contribution in [0.5, 0.6) is 0 Å². The van der Waals surface area contributed by atoms with Crippen LogP contribution in [0.15, 0.2) is 44.4 Å². The number of benzene rings is 1. The number of nitrogens with zero attached hydrogens (tertiary/aromatic N) is 1. The molecule has 7 nitrogen and oxygen atoms in total. The molecule has 1 aliphatic rings. The first kappa shape index (κ1) is 16.7. The van der Waals surface area contributed by atoms with Gasteiger partial charge in [-0.3, -0.25) is 4.79 Å². The second-order valence-electron chi connectivity index (χ2n) is 4.98. The van der Waals surface area contributed by atoms with E-state index in [9.17, 15) is 9.59 Å². The number of rotatable bonds is 4. The fraction of sp³-hybridized carbons (Fsp3) is 0.133. The summed E-state index contributed by atoms with van der Waals surface area (Å²) in [4.78, 5) is 29.9. The summed E-state index contributed by atoms with van der Waals surface area (Å²) in [5, 5.41) is 11.7. The third kappa shape index (κ3) is 3.51. The zero-order valence-electron chi connectivity index (χ0n) is 12.0. The summed E-state index contributed by atoms with van der Waals surface area (Å²) in [6.45, 7) is 0.0275. The van der Waals surface area contributed by atoms with E-state index in [2.05, 4.69) is 47.2 Å². The van der Waals surface area contributed by atoms with Crippen molar-refractivity contribution in [2.24, 2.45) is 4.99 Å². The molecule has 0 aliphatic carbocycles. The van der Waals surface area contributed by atoms with Crippen LogP contribution in [-0.2, 0) is 9.53 Å². The molecule has 0 saturated carbocycles. The van der Waals surface area contributed by atoms with Crippen LogP contribution >= 0.6 is 31.9 Å². The van der Waals surface area contributed by atoms with E-state index in [1.54, 1.807) is 30.3 Å². The number of aliphatic imine (C=N–C) groups is 1. The topological polar surface area (TPSA) is 104 Å². The van der Waals surface area contributed by atoms with Gasteiger partial charge >= 0.3 is 5.97 Å². The number of anilines is 1. The predicted octanol–water partition coefficient (Wildman–Crippen LogP) is 3.02. The smallest absolute Gasteiger partial charge is 0.332 e. The lowest BCUT2D eigenvalue weighted by atomic mass is 10.2. The van der Waals surface area contributed by atoms with Crippen molar-refractivity contribution in [3.8, 4) is 0 Å². The van der Waals surface area contributed by atoms with Gasteiger partial charge < -0.3 is 20.1 Å². The highest BCUT2D eigenvalue weighted by atomic mass is 79.9. The number of H-pyrrole nitrogens is 1. The zero-order chi connectivity index (χ0) is 17.3. The lowest BCUT2D eigenvalue weighted by molar-refractivity contribution is -0.138. The van der Waals surface area contributed by atoms with Gasteiger partial charge in [-0.05, 0) is 62.2 Å². The monoisotopic (exact) mass is 455 g/mol. The summed E-state index contributed by atoms with van der Waals surface area (Å²) >= 11 is 6.59. The molecular formula is C15H11Br2N3O4. The number of carboxylic acid groups (broad SMARTS) is 1. The van der Waals surface area contributed by atoms with E-state index in [0.717, 1.165) is 4.47 Å². The molecule has 2 heterocycles. The van der Waals surface area contributed by atoms with Crippen molar-refractivity contribution in [1.29, 1.82) is 0 Å². The first-order valence-electron chi connectivity index (χ1n) is 6.83. The molecule has 1 aliphatic heterocycles. The van der Waals surface area contributed by atoms with Crippen LogP contribution in [0.1, 0.15) is 16.1 Å². The Morgan fingerprint density at radius 2 is 2.00 bits per heavy atom. The first-order chi connectivity index (χ1) is 11.4. The molecule has 2 aromatic rings. The predicted molar refractivity (Wildman–Crippen MR) is 94.5 cm³/mol. The molecule has 0 unspecified atom stereocenters. The molecule has 0 spiro atoms. The average molecular weight is 457 g/mol. The molecule has 0 bridgehead atoms. The van der Waals surface area contributed by atoms with Crippen molar-refractivity contribution in [1.82, 2.24) is 4.98 Å². The molecule has 124 valence electrons. The average Bonchev–Trinajstić information content (AvgIpc) is 3.16. The molecule has 3 N–H and O–H groups in total. The van der Waals surface area contributed by atoms with Gasteiger partial charge in [0, 0.05) is 11.3 Å². The normalized spacial score (nSPS) is 16.4. The first-order valence-corrected chi connectivity index (χ1v) is 8.42. The van der Waals surface area contributed by atoms with Crippen LogP contribution in [-0.4, -0.2) is 40.5 Å². The van der Waals surface area contributed by atoms with Crippen molar-refractivity contribution in [3.63, 3.8) is 0 Å². The van der Waals surface area contributed by atoms with Crippen LogP contribution in [0.3, 0.4) is 0 Å². The van der Waals surface area contributed by atoms with E-state index in [1.165, 1.54) is 0 Å². The van der Waals surface area contributed by atoms with Crippen molar-refractivity contribution in [2.45, 2.75) is 6.04 Å². The van der Waals surface area contributed by atoms with Gasteiger partial charge in [0.15, 0.2) is 6.04 Å². The van der Waals surface area contributed by atoms with Crippen LogP contribution in [0.4, 0.5) is 5.69 Å². The molecule has 1 aromatic carbocycles. The summed E-state index contributed by atoms with van der Waals surface area (Å²) in [5.41, 5.74) is 1.66. The van der Waals surface area contributed by atoms with E-state index >= 15 is 0 Å². The van der Waals surface area contributed by atoms with E-state index in [0.29, 0.717) is 21.5 Å². The number of ether oxygens (including phenoxy) is 1. The van der Waals surface area contributed by atoms with Gasteiger partial charge in [-0.15, -0.1) is 0 Å². The molecule has 9 heteroatoms. The standard InChI is InChI=1S/C15H11Br2N3O4/c16-9-5-10(19-12(9)17)13(21)18-8-3-1-7(2-4-8)14-20-11(6-24-14)15(22)23/h1-5,11,19H,6H2,(H,18,21)(H,22,23)/t11-/m1/s1. The Labute approximate surface area is 153 Å². The minimum absolute atomic E-state index is 0.0275. The number of hydrogen-bond acceptors (Lipinski definition) is 4. The maximum absolute atomic E-state index is 12.1. The van der Waals surface area contributed by atoms with Crippen LogP contribution in [0, 0.1) is 0 Å². The minimum Gasteiger partial charge on any atom is -0.480 e. The van der Waals surface area contributed by atoms with E-state index in [4.69, 9.17) is 9.84 Å². The zero-order valence-corrected chi connectivity index (χ0v) is 15.2. The fourth-order valence-corrected chi connectivity index (χ4v) is 2.74. The molecule has 0 radical (unpaired) electrons. The molecule has 3 rings (SSSR count). The highest BCUT2D eigenvalue weighted by Gasteiger charge is 2.25. The summed E-state index contributed by atoms with van der Waals surface area (Å²) in [5.74, 6) is -1.01. The fourth-order valence-electron chi connectivity index (χ4n) is 2.08. The third-order valence-corrected chi connectivity index (χ3v) is 5.08. The second-order valence-corrected chi connectivity index (χ2v) is 6.62. The molecule has 1 aromatic heterocycles. The third-order valence-electron chi connectivity index (χ3n) is 3.30. The summed E-state index contributed by atoms with van der Waals surface area (Å²) in [6.07, 6.45) is 0. The lowest BCUT2D eigenvalue weighted by Gasteiger charge is -2.05. The van der Waals surface area contributed by atoms with E-state index in [-0.39, 0.29) is 18.4 Å². The highest BCUT2D eigenvalue weighted by Crippen LogP contribution is 2.24. The summed E-state index contributed by atoms with van der Waals surface area (Å²) < 4.78 is 6.73. The molecule has 1 atom stereocenters. The van der Waals surface area contributed by atoms with Crippen LogP contribution in [0.2, 0.25) is 0 Å². The Kier molecular flexibility index (Phi) is 4.72. The number of carboxylic acids is 1. The number of aliphatic carboxylic acids is 1. The number of hydrogen-bond donors (Lipinski definition) is 3. The van der Waals surface area contributed by atoms with Gasteiger partial charge in [-0.1, -0.05) is 0 Å². The van der Waals surface area contributed by atoms with Crippen LogP contribution < -0.4 is 5.32 Å². The highest BCUT2D eigenvalue weighted by molar-refractivity contribution is 9.13. The summed E-state index contributed by atoms with van der Waals surface area (Å²) in [6, 6.07) is 7.60. The largest absolute Gasteiger partial charge is 0.480 e. The van der Waals surface area contributed by atoms with Gasteiger partial charge in [-0.25, -0.2) is 9.79 Å². The second kappa shape index (κ2) is 6.78. The number of nitrogens with one attached hydrogen (secondary N) is 2. The van der Waals surface area contributed by atoms with E-state index in [1.807, 2.05) is 0 Å². The Morgan fingerprint density at radius 1 is 1.29 bits per heavy atom. The molecule has 24 heavy (non-hydrogen) atoms. The van der Waals surface area contributed by atoms with Crippen molar-refractivity contribution < 1.29 is 19.4 Å². The summed E-state index contributed by atoms with van der Waals surface area (Å²) in [7, 11) is 0. The molecule has 0 fully saturated rings. The SMILES string of the molecule is O=C(Nc1ccc(C2=N[C@@H](C(=O)O)CO2)cc1)c1cc(Br)c(Br)[nH]1. The van der Waals surface area contributed by atoms with E-state index < -0.39 is 12.0 Å². The Morgan fingerprint density at radius 3 is 2.54 bits per heavy atom. The Balaban J connectivity index is 1.70. The maximum atomic E-state index is 12.1. The number of carbonyl (C=O) groups excluding carboxylic acids is 1. The lowest BCUT2D eigenvalue weighted by Crippen LogP contribution is -2.18. The number of aromatic nitrogens is 1. The van der Waals surface area contributed by atoms with Crippen LogP contribution in [0.25, 0.3) is 0 Å². The van der Waals surface area contributed by atoms with Gasteiger partial charge in [0.2, 0.25) is 5.90 Å². The quantitative estimate of drug-likeness (QED) is 0.657. The number of aromatic amines is 1. The Bertz CT molecular complexity index is 810. The molecule has 1 amide bonds. The van der Waals surface area contributed by atoms with Crippen molar-refractivity contribution >= 4 is 55.3 Å². The minimum atomic E-state index is -1.02.